The number of carbonyl (C=O) groups is 1. The van der Waals surface area contributed by atoms with E-state index in [1.165, 1.54) is 0 Å². The Kier molecular flexibility index (Phi) is 5.73. The highest BCUT2D eigenvalue weighted by molar-refractivity contribution is 5.77. The molecule has 1 aliphatic rings. The van der Waals surface area contributed by atoms with Gasteiger partial charge in [0.15, 0.2) is 5.82 Å². The summed E-state index contributed by atoms with van der Waals surface area (Å²) < 4.78 is 5.17. The molecule has 2 rings (SSSR count). The van der Waals surface area contributed by atoms with Gasteiger partial charge >= 0.3 is 0 Å². The van der Waals surface area contributed by atoms with Crippen LogP contribution in [0.25, 0.3) is 0 Å². The smallest absolute Gasteiger partial charge is 0.227 e. The van der Waals surface area contributed by atoms with E-state index in [1.54, 1.807) is 0 Å². The van der Waals surface area contributed by atoms with Crippen LogP contribution in [0.5, 0.6) is 0 Å². The maximum absolute atomic E-state index is 12.3. The molecule has 1 atom stereocenters. The molecule has 0 spiro atoms. The van der Waals surface area contributed by atoms with Crippen molar-refractivity contribution in [1.29, 1.82) is 0 Å². The van der Waals surface area contributed by atoms with Gasteiger partial charge in [0.2, 0.25) is 11.8 Å². The Balaban J connectivity index is 1.82. The molecule has 1 amide bonds. The van der Waals surface area contributed by atoms with Crippen molar-refractivity contribution < 1.29 is 14.4 Å². The monoisotopic (exact) mass is 295 g/mol. The topological polar surface area (TPSA) is 79.5 Å². The number of aliphatic hydroxyl groups is 1. The van der Waals surface area contributed by atoms with Crippen LogP contribution in [-0.2, 0) is 11.2 Å². The quantitative estimate of drug-likeness (QED) is 0.831. The summed E-state index contributed by atoms with van der Waals surface area (Å²) in [5.41, 5.74) is 0. The summed E-state index contributed by atoms with van der Waals surface area (Å²) in [5.74, 6) is 1.62. The van der Waals surface area contributed by atoms with Crippen LogP contribution in [-0.4, -0.2) is 45.2 Å². The predicted molar refractivity (Wildman–Crippen MR) is 77.8 cm³/mol. The largest absolute Gasteiger partial charge is 0.396 e. The van der Waals surface area contributed by atoms with Crippen molar-refractivity contribution in [2.45, 2.75) is 64.3 Å². The molecule has 0 saturated carbocycles. The summed E-state index contributed by atoms with van der Waals surface area (Å²) >= 11 is 0. The van der Waals surface area contributed by atoms with Crippen LogP contribution in [0.4, 0.5) is 0 Å². The Bertz CT molecular complexity index is 459. The van der Waals surface area contributed by atoms with Crippen molar-refractivity contribution in [2.75, 3.05) is 13.2 Å². The minimum Gasteiger partial charge on any atom is -0.396 e. The molecule has 6 nitrogen and oxygen atoms in total. The highest BCUT2D eigenvalue weighted by Crippen LogP contribution is 2.22. The first-order valence-electron chi connectivity index (χ1n) is 7.84. The fourth-order valence-electron chi connectivity index (χ4n) is 2.75. The van der Waals surface area contributed by atoms with Gasteiger partial charge in [0, 0.05) is 38.0 Å². The second kappa shape index (κ2) is 7.54. The summed E-state index contributed by atoms with van der Waals surface area (Å²) in [5, 5.41) is 12.8. The van der Waals surface area contributed by atoms with Crippen molar-refractivity contribution in [3.63, 3.8) is 0 Å². The number of aromatic nitrogens is 2. The average Bonchev–Trinajstić information content (AvgIpc) is 3.11. The van der Waals surface area contributed by atoms with Crippen LogP contribution < -0.4 is 0 Å². The Labute approximate surface area is 125 Å². The zero-order valence-electron chi connectivity index (χ0n) is 12.9. The molecule has 118 valence electrons. The van der Waals surface area contributed by atoms with Gasteiger partial charge in [0.1, 0.15) is 0 Å². The highest BCUT2D eigenvalue weighted by Gasteiger charge is 2.28. The lowest BCUT2D eigenvalue weighted by Crippen LogP contribution is -2.35. The van der Waals surface area contributed by atoms with Crippen LogP contribution in [0.2, 0.25) is 0 Å². The van der Waals surface area contributed by atoms with Gasteiger partial charge in [0.05, 0.1) is 0 Å². The summed E-state index contributed by atoms with van der Waals surface area (Å²) in [4.78, 5) is 18.6. The lowest BCUT2D eigenvalue weighted by molar-refractivity contribution is -0.132. The van der Waals surface area contributed by atoms with E-state index in [0.29, 0.717) is 30.6 Å². The maximum atomic E-state index is 12.3. The Morgan fingerprint density at radius 1 is 1.52 bits per heavy atom. The van der Waals surface area contributed by atoms with Crippen LogP contribution in [0.1, 0.15) is 63.6 Å². The van der Waals surface area contributed by atoms with E-state index in [4.69, 9.17) is 9.63 Å². The molecule has 1 aromatic rings. The molecule has 1 N–H and O–H groups in total. The number of nitrogens with zero attached hydrogens (tertiary/aromatic N) is 3. The third-order valence-electron chi connectivity index (χ3n) is 3.95. The van der Waals surface area contributed by atoms with Crippen molar-refractivity contribution >= 4 is 5.91 Å². The van der Waals surface area contributed by atoms with Gasteiger partial charge in [-0.25, -0.2) is 0 Å². The van der Waals surface area contributed by atoms with Gasteiger partial charge < -0.3 is 14.5 Å². The number of rotatable bonds is 7. The number of likely N-dealkylation sites (tertiary alicyclic amines) is 1. The first-order chi connectivity index (χ1) is 10.1. The molecule has 1 unspecified atom stereocenters. The SMILES string of the molecule is CC(C)c1noc(CCC(=O)N2CCCC2CCCO)n1. The Morgan fingerprint density at radius 2 is 2.33 bits per heavy atom. The van der Waals surface area contributed by atoms with Crippen LogP contribution >= 0.6 is 0 Å². The van der Waals surface area contributed by atoms with Crippen LogP contribution in [0.3, 0.4) is 0 Å². The first kappa shape index (κ1) is 15.9. The average molecular weight is 295 g/mol. The lowest BCUT2D eigenvalue weighted by atomic mass is 10.1. The summed E-state index contributed by atoms with van der Waals surface area (Å²) in [7, 11) is 0. The minimum absolute atomic E-state index is 0.153. The van der Waals surface area contributed by atoms with E-state index in [-0.39, 0.29) is 18.4 Å². The molecule has 0 radical (unpaired) electrons. The fraction of sp³-hybridized carbons (Fsp3) is 0.800. The third-order valence-corrected chi connectivity index (χ3v) is 3.95. The molecule has 1 aromatic heterocycles. The number of amides is 1. The molecular formula is C15H25N3O3. The number of hydrogen-bond acceptors (Lipinski definition) is 5. The molecule has 1 aliphatic heterocycles. The molecule has 0 aliphatic carbocycles. The number of hydrogen-bond donors (Lipinski definition) is 1. The third kappa shape index (κ3) is 4.27. The minimum atomic E-state index is 0.153. The molecule has 1 fully saturated rings. The van der Waals surface area contributed by atoms with Gasteiger partial charge in [-0.15, -0.1) is 0 Å². The summed E-state index contributed by atoms with van der Waals surface area (Å²) in [6.07, 6.45) is 4.66. The van der Waals surface area contributed by atoms with Gasteiger partial charge in [-0.2, -0.15) is 4.98 Å². The lowest BCUT2D eigenvalue weighted by Gasteiger charge is -2.24. The summed E-state index contributed by atoms with van der Waals surface area (Å²) in [6.45, 7) is 5.04. The van der Waals surface area contributed by atoms with Crippen molar-refractivity contribution in [2.24, 2.45) is 0 Å². The normalized spacial score (nSPS) is 18.7. The summed E-state index contributed by atoms with van der Waals surface area (Å²) in [6, 6.07) is 0.290. The van der Waals surface area contributed by atoms with E-state index in [2.05, 4.69) is 10.1 Å². The van der Waals surface area contributed by atoms with E-state index in [1.807, 2.05) is 18.7 Å². The molecule has 21 heavy (non-hydrogen) atoms. The number of aliphatic hydroxyl groups excluding tert-OH is 1. The zero-order valence-corrected chi connectivity index (χ0v) is 12.9. The van der Waals surface area contributed by atoms with Gasteiger partial charge in [-0.1, -0.05) is 19.0 Å². The molecule has 6 heteroatoms. The molecule has 0 bridgehead atoms. The Morgan fingerprint density at radius 3 is 3.00 bits per heavy atom. The molecular weight excluding hydrogens is 270 g/mol. The zero-order chi connectivity index (χ0) is 15.2. The molecule has 2 heterocycles. The van der Waals surface area contributed by atoms with Gasteiger partial charge in [0.25, 0.3) is 0 Å². The van der Waals surface area contributed by atoms with E-state index in [0.717, 1.165) is 32.2 Å². The van der Waals surface area contributed by atoms with E-state index >= 15 is 0 Å². The molecule has 0 aromatic carbocycles. The van der Waals surface area contributed by atoms with Crippen molar-refractivity contribution in [3.05, 3.63) is 11.7 Å². The molecule has 1 saturated heterocycles. The number of carbonyl (C=O) groups excluding carboxylic acids is 1. The number of aryl methyl sites for hydroxylation is 1. The first-order valence-corrected chi connectivity index (χ1v) is 7.84. The fourth-order valence-corrected chi connectivity index (χ4v) is 2.75. The van der Waals surface area contributed by atoms with Crippen LogP contribution in [0, 0.1) is 0 Å². The van der Waals surface area contributed by atoms with E-state index < -0.39 is 0 Å². The van der Waals surface area contributed by atoms with E-state index in [9.17, 15) is 4.79 Å². The second-order valence-electron chi connectivity index (χ2n) is 5.95. The second-order valence-corrected chi connectivity index (χ2v) is 5.95. The van der Waals surface area contributed by atoms with Gasteiger partial charge in [-0.3, -0.25) is 4.79 Å². The maximum Gasteiger partial charge on any atom is 0.227 e. The van der Waals surface area contributed by atoms with Gasteiger partial charge in [-0.05, 0) is 25.7 Å². The highest BCUT2D eigenvalue weighted by atomic mass is 16.5. The van der Waals surface area contributed by atoms with Crippen molar-refractivity contribution in [3.8, 4) is 0 Å². The Hall–Kier alpha value is -1.43. The van der Waals surface area contributed by atoms with Crippen molar-refractivity contribution in [1.82, 2.24) is 15.0 Å². The van der Waals surface area contributed by atoms with Crippen LogP contribution in [0.15, 0.2) is 4.52 Å². The predicted octanol–water partition coefficient (Wildman–Crippen LogP) is 1.89. The standard InChI is InChI=1S/C15H25N3O3/c1-11(2)15-16-13(21-17-15)7-8-14(20)18-9-3-5-12(18)6-4-10-19/h11-12,19H,3-10H2,1-2H3.